The quantitative estimate of drug-likeness (QED) is 0.737. The molecule has 1 rings (SSSR count). The third kappa shape index (κ3) is 5.61. The number of esters is 1. The maximum atomic E-state index is 11.4. The Bertz CT molecular complexity index is 576. The Labute approximate surface area is 120 Å². The number of benzene rings is 1. The van der Waals surface area contributed by atoms with Gasteiger partial charge in [0.25, 0.3) is 5.91 Å². The van der Waals surface area contributed by atoms with Crippen molar-refractivity contribution in [3.05, 3.63) is 29.8 Å². The van der Waals surface area contributed by atoms with Crippen molar-refractivity contribution in [2.45, 2.75) is 13.0 Å². The van der Waals surface area contributed by atoms with E-state index in [2.05, 4.69) is 0 Å². The van der Waals surface area contributed by atoms with Crippen molar-refractivity contribution in [3.8, 4) is 11.8 Å². The van der Waals surface area contributed by atoms with Crippen LogP contribution in [0.5, 0.6) is 5.75 Å². The number of amides is 3. The van der Waals surface area contributed by atoms with Crippen LogP contribution in [0.15, 0.2) is 24.3 Å². The third-order valence-corrected chi connectivity index (χ3v) is 2.26. The van der Waals surface area contributed by atoms with E-state index in [4.69, 9.17) is 20.5 Å². The van der Waals surface area contributed by atoms with Gasteiger partial charge in [0.05, 0.1) is 11.6 Å². The first-order chi connectivity index (χ1) is 9.92. The number of nitrogens with two attached hydrogens (primary N) is 1. The molecule has 0 saturated heterocycles. The molecule has 0 aliphatic rings. The average Bonchev–Trinajstić information content (AvgIpc) is 2.44. The molecule has 0 aliphatic carbocycles. The molecule has 3 N–H and O–H groups in total. The molecule has 0 aliphatic heterocycles. The monoisotopic (exact) mass is 291 g/mol. The second kappa shape index (κ2) is 7.49. The van der Waals surface area contributed by atoms with E-state index in [1.807, 2.05) is 6.07 Å². The number of carbonyl (C=O) groups is 3. The second-order valence-electron chi connectivity index (χ2n) is 3.91. The summed E-state index contributed by atoms with van der Waals surface area (Å²) in [6.07, 6.45) is -1.17. The van der Waals surface area contributed by atoms with E-state index in [9.17, 15) is 14.4 Å². The van der Waals surface area contributed by atoms with Crippen LogP contribution in [0.4, 0.5) is 4.79 Å². The predicted octanol–water partition coefficient (Wildman–Crippen LogP) is 0.0637. The molecule has 1 aromatic rings. The standard InChI is InChI=1S/C13H13N3O5/c1-8(12(18)16-13(15)19)21-11(17)7-20-10-4-2-9(6-14)3-5-10/h2-5,8H,7H2,1H3,(H3,15,16,18,19)/t8-/m0/s1. The Morgan fingerprint density at radius 1 is 1.33 bits per heavy atom. The normalized spacial score (nSPS) is 10.9. The molecule has 0 fully saturated rings. The van der Waals surface area contributed by atoms with Gasteiger partial charge in [-0.05, 0) is 31.2 Å². The van der Waals surface area contributed by atoms with E-state index in [-0.39, 0.29) is 0 Å². The van der Waals surface area contributed by atoms with Crippen LogP contribution in [0.25, 0.3) is 0 Å². The summed E-state index contributed by atoms with van der Waals surface area (Å²) in [5.41, 5.74) is 5.22. The average molecular weight is 291 g/mol. The number of carbonyl (C=O) groups excluding carboxylic acids is 3. The molecule has 0 bridgehead atoms. The molecule has 0 saturated carbocycles. The predicted molar refractivity (Wildman–Crippen MR) is 69.9 cm³/mol. The van der Waals surface area contributed by atoms with Gasteiger partial charge in [-0.15, -0.1) is 0 Å². The molecular formula is C13H13N3O5. The molecule has 0 spiro atoms. The highest BCUT2D eigenvalue weighted by molar-refractivity contribution is 5.96. The number of urea groups is 1. The highest BCUT2D eigenvalue weighted by Gasteiger charge is 2.19. The smallest absolute Gasteiger partial charge is 0.344 e. The zero-order chi connectivity index (χ0) is 15.8. The minimum atomic E-state index is -1.17. The van der Waals surface area contributed by atoms with Gasteiger partial charge in [-0.1, -0.05) is 0 Å². The molecule has 1 atom stereocenters. The van der Waals surface area contributed by atoms with Crippen molar-refractivity contribution >= 4 is 17.9 Å². The first kappa shape index (κ1) is 16.0. The van der Waals surface area contributed by atoms with Gasteiger partial charge in [-0.25, -0.2) is 9.59 Å². The Balaban J connectivity index is 2.41. The van der Waals surface area contributed by atoms with Gasteiger partial charge in [-0.3, -0.25) is 10.1 Å². The van der Waals surface area contributed by atoms with Crippen molar-refractivity contribution < 1.29 is 23.9 Å². The lowest BCUT2D eigenvalue weighted by Gasteiger charge is -2.12. The maximum Gasteiger partial charge on any atom is 0.344 e. The molecular weight excluding hydrogens is 278 g/mol. The first-order valence-corrected chi connectivity index (χ1v) is 5.85. The number of ether oxygens (including phenoxy) is 2. The van der Waals surface area contributed by atoms with Crippen molar-refractivity contribution in [2.75, 3.05) is 6.61 Å². The van der Waals surface area contributed by atoms with E-state index in [0.29, 0.717) is 11.3 Å². The molecule has 0 unspecified atom stereocenters. The molecule has 1 aromatic carbocycles. The Morgan fingerprint density at radius 2 is 1.95 bits per heavy atom. The molecule has 21 heavy (non-hydrogen) atoms. The molecule has 0 heterocycles. The van der Waals surface area contributed by atoms with Gasteiger partial charge < -0.3 is 15.2 Å². The zero-order valence-electron chi connectivity index (χ0n) is 11.2. The lowest BCUT2D eigenvalue weighted by molar-refractivity contribution is -0.156. The summed E-state index contributed by atoms with van der Waals surface area (Å²) in [7, 11) is 0. The fraction of sp³-hybridized carbons (Fsp3) is 0.231. The number of nitrogens with one attached hydrogen (secondary N) is 1. The van der Waals surface area contributed by atoms with Crippen LogP contribution in [0.3, 0.4) is 0 Å². The molecule has 8 nitrogen and oxygen atoms in total. The topological polar surface area (TPSA) is 132 Å². The summed E-state index contributed by atoms with van der Waals surface area (Å²) < 4.78 is 9.87. The summed E-state index contributed by atoms with van der Waals surface area (Å²) in [5.74, 6) is -1.24. The van der Waals surface area contributed by atoms with Crippen LogP contribution in [-0.4, -0.2) is 30.6 Å². The molecule has 3 amide bonds. The largest absolute Gasteiger partial charge is 0.482 e. The highest BCUT2D eigenvalue weighted by Crippen LogP contribution is 2.11. The summed E-state index contributed by atoms with van der Waals surface area (Å²) in [4.78, 5) is 33.2. The Hall–Kier alpha value is -3.08. The van der Waals surface area contributed by atoms with Crippen molar-refractivity contribution in [1.29, 1.82) is 5.26 Å². The number of imide groups is 1. The molecule has 0 aromatic heterocycles. The first-order valence-electron chi connectivity index (χ1n) is 5.85. The number of primary amides is 1. The Kier molecular flexibility index (Phi) is 5.70. The van der Waals surface area contributed by atoms with Crippen molar-refractivity contribution in [1.82, 2.24) is 5.32 Å². The molecule has 0 radical (unpaired) electrons. The lowest BCUT2D eigenvalue weighted by atomic mass is 10.2. The maximum absolute atomic E-state index is 11.4. The number of nitriles is 1. The second-order valence-corrected chi connectivity index (χ2v) is 3.91. The van der Waals surface area contributed by atoms with Gasteiger partial charge in [0.2, 0.25) is 0 Å². The van der Waals surface area contributed by atoms with Crippen LogP contribution in [-0.2, 0) is 14.3 Å². The minimum absolute atomic E-state index is 0.375. The Morgan fingerprint density at radius 3 is 2.48 bits per heavy atom. The van der Waals surface area contributed by atoms with Crippen LogP contribution in [0.2, 0.25) is 0 Å². The third-order valence-electron chi connectivity index (χ3n) is 2.26. The van der Waals surface area contributed by atoms with Crippen molar-refractivity contribution in [2.24, 2.45) is 5.73 Å². The number of rotatable bonds is 5. The summed E-state index contributed by atoms with van der Waals surface area (Å²) in [6, 6.07) is 7.02. The van der Waals surface area contributed by atoms with Gasteiger partial charge in [0.15, 0.2) is 12.7 Å². The minimum Gasteiger partial charge on any atom is -0.482 e. The van der Waals surface area contributed by atoms with E-state index < -0.39 is 30.6 Å². The number of nitrogens with zero attached hydrogens (tertiary/aromatic N) is 1. The van der Waals surface area contributed by atoms with E-state index in [0.717, 1.165) is 0 Å². The number of hydrogen-bond acceptors (Lipinski definition) is 6. The van der Waals surface area contributed by atoms with Crippen LogP contribution in [0.1, 0.15) is 12.5 Å². The summed E-state index contributed by atoms with van der Waals surface area (Å²) in [5, 5.41) is 10.4. The highest BCUT2D eigenvalue weighted by atomic mass is 16.6. The van der Waals surface area contributed by atoms with Crippen LogP contribution < -0.4 is 15.8 Å². The fourth-order valence-electron chi connectivity index (χ4n) is 1.28. The molecule has 8 heteroatoms. The van der Waals surface area contributed by atoms with E-state index in [1.165, 1.54) is 31.2 Å². The zero-order valence-corrected chi connectivity index (χ0v) is 11.2. The fourth-order valence-corrected chi connectivity index (χ4v) is 1.28. The summed E-state index contributed by atoms with van der Waals surface area (Å²) in [6.45, 7) is 0.873. The lowest BCUT2D eigenvalue weighted by Crippen LogP contribution is -2.42. The van der Waals surface area contributed by atoms with Gasteiger partial charge in [0, 0.05) is 0 Å². The van der Waals surface area contributed by atoms with Crippen LogP contribution in [0, 0.1) is 11.3 Å². The van der Waals surface area contributed by atoms with Gasteiger partial charge in [-0.2, -0.15) is 5.26 Å². The SMILES string of the molecule is C[C@H](OC(=O)COc1ccc(C#N)cc1)C(=O)NC(N)=O. The van der Waals surface area contributed by atoms with Crippen molar-refractivity contribution in [3.63, 3.8) is 0 Å². The van der Waals surface area contributed by atoms with Crippen LogP contribution >= 0.6 is 0 Å². The number of hydrogen-bond donors (Lipinski definition) is 2. The van der Waals surface area contributed by atoms with Gasteiger partial charge in [0.1, 0.15) is 5.75 Å². The summed E-state index contributed by atoms with van der Waals surface area (Å²) >= 11 is 0. The van der Waals surface area contributed by atoms with E-state index >= 15 is 0 Å². The molecule has 110 valence electrons. The van der Waals surface area contributed by atoms with Gasteiger partial charge >= 0.3 is 12.0 Å². The van der Waals surface area contributed by atoms with E-state index in [1.54, 1.807) is 5.32 Å².